The van der Waals surface area contributed by atoms with E-state index >= 15 is 0 Å². The highest BCUT2D eigenvalue weighted by Gasteiger charge is 2.41. The molecule has 4 atom stereocenters. The molecule has 21 heavy (non-hydrogen) atoms. The molecule has 2 rings (SSSR count). The van der Waals surface area contributed by atoms with E-state index in [0.717, 1.165) is 0 Å². The first-order valence-electron chi connectivity index (χ1n) is 6.88. The maximum atomic E-state index is 12.4. The van der Waals surface area contributed by atoms with Gasteiger partial charge in [0.05, 0.1) is 29.3 Å². The minimum Gasteiger partial charge on any atom is -0.374 e. The van der Waals surface area contributed by atoms with Crippen LogP contribution in [0.1, 0.15) is 31.9 Å². The summed E-state index contributed by atoms with van der Waals surface area (Å²) in [7, 11) is 0. The van der Waals surface area contributed by atoms with Gasteiger partial charge in [0.25, 0.3) is 0 Å². The molecule has 1 aliphatic heterocycles. The van der Waals surface area contributed by atoms with Gasteiger partial charge in [-0.2, -0.15) is 10.5 Å². The van der Waals surface area contributed by atoms with Crippen LogP contribution in [0.4, 0.5) is 5.69 Å². The first-order chi connectivity index (χ1) is 9.97. The lowest BCUT2D eigenvalue weighted by molar-refractivity contribution is -0.121. The summed E-state index contributed by atoms with van der Waals surface area (Å²) in [5.74, 6) is -0.206. The van der Waals surface area contributed by atoms with Gasteiger partial charge in [-0.05, 0) is 38.0 Å². The van der Waals surface area contributed by atoms with Gasteiger partial charge in [0, 0.05) is 5.69 Å². The molecular formula is C16H17N3O2. The Bertz CT molecular complexity index is 642. The SMILES string of the molecule is CC1OC(C)C(C(=O)Nc2ccc(C#N)c(C#N)c2)C1C. The van der Waals surface area contributed by atoms with Crippen LogP contribution in [0.5, 0.6) is 0 Å². The van der Waals surface area contributed by atoms with Crippen molar-refractivity contribution in [1.29, 1.82) is 10.5 Å². The molecule has 1 aliphatic rings. The van der Waals surface area contributed by atoms with E-state index in [1.807, 2.05) is 32.9 Å². The van der Waals surface area contributed by atoms with Gasteiger partial charge in [-0.1, -0.05) is 6.92 Å². The van der Waals surface area contributed by atoms with Gasteiger partial charge in [0.1, 0.15) is 12.1 Å². The lowest BCUT2D eigenvalue weighted by Crippen LogP contribution is -2.32. The van der Waals surface area contributed by atoms with E-state index in [9.17, 15) is 4.79 Å². The van der Waals surface area contributed by atoms with Crippen molar-refractivity contribution in [2.75, 3.05) is 5.32 Å². The summed E-state index contributed by atoms with van der Waals surface area (Å²) in [6, 6.07) is 8.59. The zero-order chi connectivity index (χ0) is 15.6. The minimum atomic E-state index is -0.221. The summed E-state index contributed by atoms with van der Waals surface area (Å²) < 4.78 is 5.67. The molecule has 1 saturated heterocycles. The lowest BCUT2D eigenvalue weighted by atomic mass is 9.89. The largest absolute Gasteiger partial charge is 0.374 e. The van der Waals surface area contributed by atoms with Crippen LogP contribution in [0.2, 0.25) is 0 Å². The van der Waals surface area contributed by atoms with Crippen LogP contribution in [0.15, 0.2) is 18.2 Å². The molecule has 1 fully saturated rings. The molecule has 1 heterocycles. The van der Waals surface area contributed by atoms with E-state index in [1.165, 1.54) is 12.1 Å². The molecule has 1 aromatic rings. The van der Waals surface area contributed by atoms with E-state index in [2.05, 4.69) is 5.32 Å². The number of nitrogens with one attached hydrogen (secondary N) is 1. The monoisotopic (exact) mass is 283 g/mol. The fraction of sp³-hybridized carbons (Fsp3) is 0.438. The van der Waals surface area contributed by atoms with Gasteiger partial charge < -0.3 is 10.1 Å². The molecule has 0 spiro atoms. The Morgan fingerprint density at radius 2 is 1.81 bits per heavy atom. The number of carbonyl (C=O) groups is 1. The Morgan fingerprint density at radius 3 is 2.33 bits per heavy atom. The second-order valence-electron chi connectivity index (χ2n) is 5.40. The molecule has 1 aromatic carbocycles. The molecule has 0 aromatic heterocycles. The average Bonchev–Trinajstić information content (AvgIpc) is 2.71. The highest BCUT2D eigenvalue weighted by atomic mass is 16.5. The quantitative estimate of drug-likeness (QED) is 0.903. The molecule has 0 bridgehead atoms. The van der Waals surface area contributed by atoms with Gasteiger partial charge in [-0.3, -0.25) is 4.79 Å². The predicted molar refractivity (Wildman–Crippen MR) is 77.2 cm³/mol. The van der Waals surface area contributed by atoms with Gasteiger partial charge in [-0.25, -0.2) is 0 Å². The lowest BCUT2D eigenvalue weighted by Gasteiger charge is -2.18. The highest BCUT2D eigenvalue weighted by Crippen LogP contribution is 2.33. The Balaban J connectivity index is 2.18. The molecule has 1 amide bonds. The number of nitrogens with zero attached hydrogens (tertiary/aromatic N) is 2. The average molecular weight is 283 g/mol. The van der Waals surface area contributed by atoms with Crippen molar-refractivity contribution in [1.82, 2.24) is 0 Å². The van der Waals surface area contributed by atoms with Gasteiger partial charge in [-0.15, -0.1) is 0 Å². The van der Waals surface area contributed by atoms with Gasteiger partial charge in [0.15, 0.2) is 0 Å². The van der Waals surface area contributed by atoms with Crippen LogP contribution in [-0.2, 0) is 9.53 Å². The first kappa shape index (κ1) is 15.0. The zero-order valence-electron chi connectivity index (χ0n) is 12.3. The van der Waals surface area contributed by atoms with Crippen molar-refractivity contribution >= 4 is 11.6 Å². The van der Waals surface area contributed by atoms with E-state index in [4.69, 9.17) is 15.3 Å². The standard InChI is InChI=1S/C16H17N3O2/c1-9-10(2)21-11(3)15(9)16(20)19-14-5-4-12(7-17)13(6-14)8-18/h4-6,9-11,15H,1-3H3,(H,19,20). The summed E-state index contributed by atoms with van der Waals surface area (Å²) in [5, 5.41) is 20.7. The summed E-state index contributed by atoms with van der Waals surface area (Å²) in [5.41, 5.74) is 1.08. The van der Waals surface area contributed by atoms with Crippen molar-refractivity contribution in [2.24, 2.45) is 11.8 Å². The van der Waals surface area contributed by atoms with Crippen LogP contribution < -0.4 is 5.32 Å². The first-order valence-corrected chi connectivity index (χ1v) is 6.88. The molecule has 5 heteroatoms. The highest BCUT2D eigenvalue weighted by molar-refractivity contribution is 5.93. The molecule has 0 radical (unpaired) electrons. The molecule has 108 valence electrons. The minimum absolute atomic E-state index is 0.0476. The molecule has 5 nitrogen and oxygen atoms in total. The van der Waals surface area contributed by atoms with Crippen LogP contribution >= 0.6 is 0 Å². The Labute approximate surface area is 124 Å². The normalized spacial score (nSPS) is 27.7. The van der Waals surface area contributed by atoms with Crippen molar-refractivity contribution in [3.8, 4) is 12.1 Å². The number of ether oxygens (including phenoxy) is 1. The van der Waals surface area contributed by atoms with Gasteiger partial charge >= 0.3 is 0 Å². The van der Waals surface area contributed by atoms with Crippen LogP contribution in [-0.4, -0.2) is 18.1 Å². The Morgan fingerprint density at radius 1 is 1.14 bits per heavy atom. The molecule has 1 N–H and O–H groups in total. The number of benzene rings is 1. The maximum absolute atomic E-state index is 12.4. The summed E-state index contributed by atoms with van der Waals surface area (Å²) in [4.78, 5) is 12.4. The second-order valence-corrected chi connectivity index (χ2v) is 5.40. The van der Waals surface area contributed by atoms with Crippen LogP contribution in [0, 0.1) is 34.5 Å². The number of nitriles is 2. The fourth-order valence-corrected chi connectivity index (χ4v) is 2.76. The maximum Gasteiger partial charge on any atom is 0.230 e. The van der Waals surface area contributed by atoms with Crippen molar-refractivity contribution in [3.05, 3.63) is 29.3 Å². The third kappa shape index (κ3) is 2.89. The van der Waals surface area contributed by atoms with Crippen LogP contribution in [0.25, 0.3) is 0 Å². The topological polar surface area (TPSA) is 85.9 Å². The number of hydrogen-bond acceptors (Lipinski definition) is 4. The van der Waals surface area contributed by atoms with Crippen LogP contribution in [0.3, 0.4) is 0 Å². The number of carbonyl (C=O) groups excluding carboxylic acids is 1. The third-order valence-electron chi connectivity index (χ3n) is 4.07. The molecular weight excluding hydrogens is 266 g/mol. The van der Waals surface area contributed by atoms with E-state index < -0.39 is 0 Å². The number of rotatable bonds is 2. The molecule has 4 unspecified atom stereocenters. The van der Waals surface area contributed by atoms with Crippen molar-refractivity contribution < 1.29 is 9.53 Å². The number of hydrogen-bond donors (Lipinski definition) is 1. The predicted octanol–water partition coefficient (Wildman–Crippen LogP) is 2.43. The van der Waals surface area contributed by atoms with Gasteiger partial charge in [0.2, 0.25) is 5.91 Å². The van der Waals surface area contributed by atoms with E-state index in [1.54, 1.807) is 6.07 Å². The Hall–Kier alpha value is -2.37. The molecule has 0 saturated carbocycles. The summed E-state index contributed by atoms with van der Waals surface area (Å²) in [6.07, 6.45) is -0.0878. The van der Waals surface area contributed by atoms with Crippen molar-refractivity contribution in [2.45, 2.75) is 33.0 Å². The fourth-order valence-electron chi connectivity index (χ4n) is 2.76. The second kappa shape index (κ2) is 5.95. The van der Waals surface area contributed by atoms with Crippen molar-refractivity contribution in [3.63, 3.8) is 0 Å². The zero-order valence-corrected chi connectivity index (χ0v) is 12.3. The smallest absolute Gasteiger partial charge is 0.230 e. The number of amides is 1. The molecule has 0 aliphatic carbocycles. The number of anilines is 1. The third-order valence-corrected chi connectivity index (χ3v) is 4.07. The van der Waals surface area contributed by atoms with E-state index in [0.29, 0.717) is 11.3 Å². The summed E-state index contributed by atoms with van der Waals surface area (Å²) >= 11 is 0. The summed E-state index contributed by atoms with van der Waals surface area (Å²) in [6.45, 7) is 5.85. The Kier molecular flexibility index (Phi) is 4.26. The van der Waals surface area contributed by atoms with E-state index in [-0.39, 0.29) is 35.5 Å².